The van der Waals surface area contributed by atoms with Gasteiger partial charge in [0.25, 0.3) is 5.91 Å². The molecule has 0 bridgehead atoms. The zero-order chi connectivity index (χ0) is 15.1. The van der Waals surface area contributed by atoms with E-state index in [1.165, 1.54) is 25.7 Å². The summed E-state index contributed by atoms with van der Waals surface area (Å²) in [5, 5.41) is 10.1. The predicted octanol–water partition coefficient (Wildman–Crippen LogP) is 1.33. The van der Waals surface area contributed by atoms with Crippen LogP contribution < -0.4 is 5.32 Å². The van der Waals surface area contributed by atoms with E-state index >= 15 is 0 Å². The molecule has 2 N–H and O–H groups in total. The Morgan fingerprint density at radius 1 is 1.36 bits per heavy atom. The minimum Gasteiger partial charge on any atom is -0.354 e. The van der Waals surface area contributed by atoms with Crippen LogP contribution in [0.15, 0.2) is 6.07 Å². The summed E-state index contributed by atoms with van der Waals surface area (Å²) in [6.45, 7) is 0.746. The number of nitrogens with one attached hydrogen (secondary N) is 2. The van der Waals surface area contributed by atoms with Crippen molar-refractivity contribution >= 4 is 23.6 Å². The van der Waals surface area contributed by atoms with Gasteiger partial charge in [-0.15, -0.1) is 11.8 Å². The number of carbonyl (C=O) groups is 2. The Hall–Kier alpha value is -1.50. The van der Waals surface area contributed by atoms with E-state index in [0.29, 0.717) is 29.2 Å². The van der Waals surface area contributed by atoms with E-state index in [9.17, 15) is 9.59 Å². The van der Waals surface area contributed by atoms with Crippen LogP contribution in [0, 0.1) is 5.92 Å². The maximum Gasteiger partial charge on any atom is 0.275 e. The SMILES string of the molecule is O=C(NCC1CC1)[C@H]1CSCN1C(=O)c1cc(C2CC2)[nH]n1. The van der Waals surface area contributed by atoms with Crippen molar-refractivity contribution in [3.05, 3.63) is 17.5 Å². The van der Waals surface area contributed by atoms with Crippen molar-refractivity contribution < 1.29 is 9.59 Å². The molecule has 3 aliphatic rings. The van der Waals surface area contributed by atoms with Gasteiger partial charge in [-0.25, -0.2) is 0 Å². The van der Waals surface area contributed by atoms with Gasteiger partial charge in [-0.2, -0.15) is 5.10 Å². The van der Waals surface area contributed by atoms with E-state index in [4.69, 9.17) is 0 Å². The molecule has 2 aliphatic carbocycles. The Morgan fingerprint density at radius 2 is 2.18 bits per heavy atom. The first-order valence-electron chi connectivity index (χ1n) is 7.94. The number of nitrogens with zero attached hydrogens (tertiary/aromatic N) is 2. The van der Waals surface area contributed by atoms with E-state index in [-0.39, 0.29) is 17.9 Å². The molecule has 1 aromatic rings. The van der Waals surface area contributed by atoms with Gasteiger partial charge in [0, 0.05) is 23.9 Å². The number of aromatic nitrogens is 2. The zero-order valence-electron chi connectivity index (χ0n) is 12.4. The lowest BCUT2D eigenvalue weighted by Crippen LogP contribution is -2.47. The van der Waals surface area contributed by atoms with Gasteiger partial charge in [-0.3, -0.25) is 14.7 Å². The third kappa shape index (κ3) is 2.86. The number of aromatic amines is 1. The lowest BCUT2D eigenvalue weighted by atomic mass is 10.2. The molecule has 2 amide bonds. The highest BCUT2D eigenvalue weighted by Gasteiger charge is 2.37. The number of thioether (sulfide) groups is 1. The second-order valence-electron chi connectivity index (χ2n) is 6.46. The molecule has 0 unspecified atom stereocenters. The van der Waals surface area contributed by atoms with Gasteiger partial charge in [-0.1, -0.05) is 0 Å². The number of hydrogen-bond acceptors (Lipinski definition) is 4. The molecule has 2 saturated carbocycles. The van der Waals surface area contributed by atoms with Gasteiger partial charge in [-0.05, 0) is 37.7 Å². The maximum absolute atomic E-state index is 12.6. The normalized spacial score (nSPS) is 24.5. The van der Waals surface area contributed by atoms with Crippen LogP contribution in [0.1, 0.15) is 47.8 Å². The molecule has 2 heterocycles. The fourth-order valence-corrected chi connectivity index (χ4v) is 3.90. The smallest absolute Gasteiger partial charge is 0.275 e. The standard InChI is InChI=1S/C15H20N4O2S/c20-14(16-6-9-1-2-9)13-7-22-8-19(13)15(21)12-5-11(17-18-12)10-3-4-10/h5,9-10,13H,1-4,6-8H2,(H,16,20)(H,17,18)/t13-/m1/s1. The first-order chi connectivity index (χ1) is 10.7. The van der Waals surface area contributed by atoms with Crippen molar-refractivity contribution in [3.63, 3.8) is 0 Å². The third-order valence-electron chi connectivity index (χ3n) is 4.54. The molecule has 6 nitrogen and oxygen atoms in total. The molecule has 1 aliphatic heterocycles. The van der Waals surface area contributed by atoms with Crippen LogP contribution in [0.2, 0.25) is 0 Å². The van der Waals surface area contributed by atoms with E-state index in [1.807, 2.05) is 6.07 Å². The Kier molecular flexibility index (Phi) is 3.60. The summed E-state index contributed by atoms with van der Waals surface area (Å²) in [5.41, 5.74) is 1.48. The summed E-state index contributed by atoms with van der Waals surface area (Å²) in [6, 6.07) is 1.49. The summed E-state index contributed by atoms with van der Waals surface area (Å²) in [6.07, 6.45) is 4.75. The predicted molar refractivity (Wildman–Crippen MR) is 83.6 cm³/mol. The maximum atomic E-state index is 12.6. The summed E-state index contributed by atoms with van der Waals surface area (Å²) in [4.78, 5) is 26.6. The van der Waals surface area contributed by atoms with Gasteiger partial charge < -0.3 is 10.2 Å². The number of carbonyl (C=O) groups excluding carboxylic acids is 2. The van der Waals surface area contributed by atoms with Crippen molar-refractivity contribution in [2.45, 2.75) is 37.6 Å². The van der Waals surface area contributed by atoms with Crippen LogP contribution in [-0.2, 0) is 4.79 Å². The number of amides is 2. The lowest BCUT2D eigenvalue weighted by molar-refractivity contribution is -0.124. The molecule has 7 heteroatoms. The Morgan fingerprint density at radius 3 is 2.91 bits per heavy atom. The van der Waals surface area contributed by atoms with Crippen molar-refractivity contribution in [2.24, 2.45) is 5.92 Å². The third-order valence-corrected chi connectivity index (χ3v) is 5.55. The molecule has 1 saturated heterocycles. The Labute approximate surface area is 133 Å². The molecule has 118 valence electrons. The zero-order valence-corrected chi connectivity index (χ0v) is 13.2. The van der Waals surface area contributed by atoms with Gasteiger partial charge >= 0.3 is 0 Å². The minimum absolute atomic E-state index is 0.0248. The lowest BCUT2D eigenvalue weighted by Gasteiger charge is -2.22. The van der Waals surface area contributed by atoms with Crippen LogP contribution in [0.5, 0.6) is 0 Å². The van der Waals surface area contributed by atoms with Crippen LogP contribution in [0.3, 0.4) is 0 Å². The summed E-state index contributed by atoms with van der Waals surface area (Å²) in [7, 11) is 0. The largest absolute Gasteiger partial charge is 0.354 e. The average Bonchev–Trinajstić information content (AvgIpc) is 3.45. The molecule has 0 aromatic carbocycles. The fourth-order valence-electron chi connectivity index (χ4n) is 2.74. The number of hydrogen-bond donors (Lipinski definition) is 2. The van der Waals surface area contributed by atoms with E-state index in [0.717, 1.165) is 12.2 Å². The van der Waals surface area contributed by atoms with Crippen molar-refractivity contribution in [1.29, 1.82) is 0 Å². The van der Waals surface area contributed by atoms with Crippen LogP contribution >= 0.6 is 11.8 Å². The van der Waals surface area contributed by atoms with Gasteiger partial charge in [0.05, 0.1) is 5.88 Å². The van der Waals surface area contributed by atoms with Crippen molar-refractivity contribution in [3.8, 4) is 0 Å². The highest BCUT2D eigenvalue weighted by molar-refractivity contribution is 7.99. The van der Waals surface area contributed by atoms with Gasteiger partial charge in [0.15, 0.2) is 0 Å². The molecular weight excluding hydrogens is 300 g/mol. The first kappa shape index (κ1) is 14.1. The fraction of sp³-hybridized carbons (Fsp3) is 0.667. The van der Waals surface area contributed by atoms with Crippen molar-refractivity contribution in [2.75, 3.05) is 18.2 Å². The summed E-state index contributed by atoms with van der Waals surface area (Å²) < 4.78 is 0. The van der Waals surface area contributed by atoms with E-state index in [2.05, 4.69) is 15.5 Å². The molecule has 3 fully saturated rings. The number of H-pyrrole nitrogens is 1. The average molecular weight is 320 g/mol. The first-order valence-corrected chi connectivity index (χ1v) is 9.09. The quantitative estimate of drug-likeness (QED) is 0.858. The van der Waals surface area contributed by atoms with E-state index < -0.39 is 0 Å². The Bertz CT molecular complexity index is 594. The van der Waals surface area contributed by atoms with Gasteiger partial charge in [0.2, 0.25) is 5.91 Å². The molecule has 1 atom stereocenters. The van der Waals surface area contributed by atoms with Crippen LogP contribution in [-0.4, -0.2) is 51.1 Å². The Balaban J connectivity index is 1.42. The summed E-state index contributed by atoms with van der Waals surface area (Å²) >= 11 is 1.62. The monoisotopic (exact) mass is 320 g/mol. The van der Waals surface area contributed by atoms with Crippen LogP contribution in [0.4, 0.5) is 0 Å². The van der Waals surface area contributed by atoms with Gasteiger partial charge in [0.1, 0.15) is 11.7 Å². The molecule has 0 spiro atoms. The summed E-state index contributed by atoms with van der Waals surface area (Å²) in [5.74, 6) is 2.26. The van der Waals surface area contributed by atoms with Crippen LogP contribution in [0.25, 0.3) is 0 Å². The second kappa shape index (κ2) is 5.61. The molecule has 1 aromatic heterocycles. The molecular formula is C15H20N4O2S. The molecule has 0 radical (unpaired) electrons. The molecule has 22 heavy (non-hydrogen) atoms. The molecule has 4 rings (SSSR count). The highest BCUT2D eigenvalue weighted by Crippen LogP contribution is 2.39. The minimum atomic E-state index is -0.364. The second-order valence-corrected chi connectivity index (χ2v) is 7.46. The number of rotatable bonds is 5. The highest BCUT2D eigenvalue weighted by atomic mass is 32.2. The topological polar surface area (TPSA) is 78.1 Å². The van der Waals surface area contributed by atoms with E-state index in [1.54, 1.807) is 16.7 Å². The van der Waals surface area contributed by atoms with Crippen molar-refractivity contribution in [1.82, 2.24) is 20.4 Å².